The largest absolute Gasteiger partial charge is 0.316 e. The number of benzene rings is 1. The molecule has 16 heavy (non-hydrogen) atoms. The second-order valence-corrected chi connectivity index (χ2v) is 4.42. The zero-order valence-corrected chi connectivity index (χ0v) is 10.0. The Hall–Kier alpha value is -1.34. The van der Waals surface area contributed by atoms with Gasteiger partial charge in [0.15, 0.2) is 0 Å². The molecular formula is C15H19N. The maximum Gasteiger partial charge on any atom is 0.0211 e. The van der Waals surface area contributed by atoms with E-state index in [2.05, 4.69) is 49.2 Å². The molecular weight excluding hydrogens is 194 g/mol. The second kappa shape index (κ2) is 4.67. The summed E-state index contributed by atoms with van der Waals surface area (Å²) in [6.07, 6.45) is 5.12. The fourth-order valence-corrected chi connectivity index (χ4v) is 2.72. The van der Waals surface area contributed by atoms with Gasteiger partial charge in [0.1, 0.15) is 0 Å². The smallest absolute Gasteiger partial charge is 0.0211 e. The minimum absolute atomic E-state index is 0.499. The van der Waals surface area contributed by atoms with Crippen LogP contribution < -0.4 is 5.32 Å². The van der Waals surface area contributed by atoms with Crippen molar-refractivity contribution in [1.29, 1.82) is 0 Å². The van der Waals surface area contributed by atoms with Gasteiger partial charge in [0.25, 0.3) is 0 Å². The first kappa shape index (κ1) is 11.2. The molecule has 0 aliphatic heterocycles. The summed E-state index contributed by atoms with van der Waals surface area (Å²) >= 11 is 0. The van der Waals surface area contributed by atoms with Crippen molar-refractivity contribution >= 4 is 0 Å². The third kappa shape index (κ3) is 1.83. The molecule has 0 fully saturated rings. The topological polar surface area (TPSA) is 12.0 Å². The average molecular weight is 213 g/mol. The predicted molar refractivity (Wildman–Crippen MR) is 69.7 cm³/mol. The van der Waals surface area contributed by atoms with Crippen molar-refractivity contribution in [3.8, 4) is 0 Å². The number of allylic oxidation sites excluding steroid dienone is 2. The van der Waals surface area contributed by atoms with E-state index in [9.17, 15) is 0 Å². The van der Waals surface area contributed by atoms with Gasteiger partial charge in [-0.25, -0.2) is 0 Å². The number of nitrogens with one attached hydrogen (secondary N) is 1. The summed E-state index contributed by atoms with van der Waals surface area (Å²) < 4.78 is 0. The van der Waals surface area contributed by atoms with Crippen molar-refractivity contribution < 1.29 is 0 Å². The number of rotatable bonds is 3. The zero-order valence-electron chi connectivity index (χ0n) is 10.0. The van der Waals surface area contributed by atoms with Crippen LogP contribution in [0.1, 0.15) is 24.0 Å². The van der Waals surface area contributed by atoms with Crippen LogP contribution in [0, 0.1) is 0 Å². The van der Waals surface area contributed by atoms with E-state index in [4.69, 9.17) is 0 Å². The highest BCUT2D eigenvalue weighted by atomic mass is 14.9. The van der Waals surface area contributed by atoms with E-state index in [1.54, 1.807) is 0 Å². The van der Waals surface area contributed by atoms with Gasteiger partial charge >= 0.3 is 0 Å². The first-order valence-electron chi connectivity index (χ1n) is 5.82. The van der Waals surface area contributed by atoms with Crippen LogP contribution in [-0.2, 0) is 6.42 Å². The third-order valence-electron chi connectivity index (χ3n) is 3.47. The molecule has 0 radical (unpaired) electrons. The molecule has 1 N–H and O–H groups in total. The SMILES string of the molecule is C=C/C=C(/C)C1c2ccccc2CC1NC. The van der Waals surface area contributed by atoms with Crippen molar-refractivity contribution in [2.45, 2.75) is 25.3 Å². The summed E-state index contributed by atoms with van der Waals surface area (Å²) in [4.78, 5) is 0. The van der Waals surface area contributed by atoms with E-state index in [1.165, 1.54) is 16.7 Å². The lowest BCUT2D eigenvalue weighted by Gasteiger charge is -2.20. The van der Waals surface area contributed by atoms with E-state index >= 15 is 0 Å². The average Bonchev–Trinajstić information content (AvgIpc) is 2.67. The molecule has 0 amide bonds. The normalized spacial score (nSPS) is 24.2. The van der Waals surface area contributed by atoms with Gasteiger partial charge in [-0.3, -0.25) is 0 Å². The highest BCUT2D eigenvalue weighted by molar-refractivity contribution is 5.43. The van der Waals surface area contributed by atoms with Gasteiger partial charge in [-0.05, 0) is 31.5 Å². The molecule has 2 unspecified atom stereocenters. The number of fused-ring (bicyclic) bond motifs is 1. The molecule has 0 saturated heterocycles. The van der Waals surface area contributed by atoms with Crippen LogP contribution >= 0.6 is 0 Å². The summed E-state index contributed by atoms with van der Waals surface area (Å²) in [7, 11) is 2.05. The van der Waals surface area contributed by atoms with Crippen molar-refractivity contribution in [1.82, 2.24) is 5.32 Å². The number of hydrogen-bond acceptors (Lipinski definition) is 1. The second-order valence-electron chi connectivity index (χ2n) is 4.42. The van der Waals surface area contributed by atoms with Gasteiger partial charge in [0, 0.05) is 12.0 Å². The molecule has 1 nitrogen and oxygen atoms in total. The zero-order chi connectivity index (χ0) is 11.5. The van der Waals surface area contributed by atoms with Gasteiger partial charge in [0.05, 0.1) is 0 Å². The van der Waals surface area contributed by atoms with Crippen molar-refractivity contribution in [2.24, 2.45) is 0 Å². The van der Waals surface area contributed by atoms with Gasteiger partial charge in [-0.15, -0.1) is 0 Å². The van der Waals surface area contributed by atoms with Crippen LogP contribution in [0.4, 0.5) is 0 Å². The number of hydrogen-bond donors (Lipinski definition) is 1. The fraction of sp³-hybridized carbons (Fsp3) is 0.333. The maximum atomic E-state index is 3.78. The Morgan fingerprint density at radius 1 is 1.44 bits per heavy atom. The van der Waals surface area contributed by atoms with E-state index in [0.717, 1.165) is 6.42 Å². The predicted octanol–water partition coefficient (Wildman–Crippen LogP) is 3.05. The fourth-order valence-electron chi connectivity index (χ4n) is 2.72. The van der Waals surface area contributed by atoms with E-state index in [1.807, 2.05) is 13.1 Å². The lowest BCUT2D eigenvalue weighted by atomic mass is 9.90. The number of likely N-dealkylation sites (N-methyl/N-ethyl adjacent to an activating group) is 1. The minimum atomic E-state index is 0.499. The van der Waals surface area contributed by atoms with Crippen molar-refractivity contribution in [2.75, 3.05) is 7.05 Å². The van der Waals surface area contributed by atoms with Crippen LogP contribution in [0.5, 0.6) is 0 Å². The quantitative estimate of drug-likeness (QED) is 0.761. The monoisotopic (exact) mass is 213 g/mol. The lowest BCUT2D eigenvalue weighted by Crippen LogP contribution is -2.29. The summed E-state index contributed by atoms with van der Waals surface area (Å²) in [6, 6.07) is 9.26. The van der Waals surface area contributed by atoms with Crippen LogP contribution in [-0.4, -0.2) is 13.1 Å². The standard InChI is InChI=1S/C15H19N/c1-4-7-11(2)15-13-9-6-5-8-12(13)10-14(15)16-3/h4-9,14-16H,1,10H2,2-3H3/b11-7-. The summed E-state index contributed by atoms with van der Waals surface area (Å²) in [5.41, 5.74) is 4.33. The molecule has 0 heterocycles. The summed E-state index contributed by atoms with van der Waals surface area (Å²) in [5, 5.41) is 3.43. The minimum Gasteiger partial charge on any atom is -0.316 e. The molecule has 0 spiro atoms. The van der Waals surface area contributed by atoms with Crippen molar-refractivity contribution in [3.05, 3.63) is 59.7 Å². The maximum absolute atomic E-state index is 3.78. The van der Waals surface area contributed by atoms with Crippen LogP contribution in [0.15, 0.2) is 48.6 Å². The Morgan fingerprint density at radius 3 is 2.88 bits per heavy atom. The molecule has 0 saturated carbocycles. The van der Waals surface area contributed by atoms with Gasteiger partial charge in [-0.1, -0.05) is 48.6 Å². The molecule has 1 aliphatic carbocycles. The molecule has 1 aromatic carbocycles. The Balaban J connectivity index is 2.41. The molecule has 2 rings (SSSR count). The molecule has 0 bridgehead atoms. The van der Waals surface area contributed by atoms with Gasteiger partial charge in [0.2, 0.25) is 0 Å². The summed E-state index contributed by atoms with van der Waals surface area (Å²) in [6.45, 7) is 5.98. The lowest BCUT2D eigenvalue weighted by molar-refractivity contribution is 0.535. The van der Waals surface area contributed by atoms with Crippen LogP contribution in [0.2, 0.25) is 0 Å². The first-order valence-corrected chi connectivity index (χ1v) is 5.82. The molecule has 1 heteroatoms. The molecule has 1 aromatic rings. The highest BCUT2D eigenvalue weighted by Gasteiger charge is 2.31. The first-order chi connectivity index (χ1) is 7.77. The highest BCUT2D eigenvalue weighted by Crippen LogP contribution is 2.37. The summed E-state index contributed by atoms with van der Waals surface area (Å²) in [5.74, 6) is 0.499. The van der Waals surface area contributed by atoms with Crippen molar-refractivity contribution in [3.63, 3.8) is 0 Å². The Morgan fingerprint density at radius 2 is 2.19 bits per heavy atom. The molecule has 2 atom stereocenters. The molecule has 1 aliphatic rings. The van der Waals surface area contributed by atoms with E-state index in [-0.39, 0.29) is 0 Å². The Labute approximate surface area is 97.9 Å². The van der Waals surface area contributed by atoms with Gasteiger partial charge < -0.3 is 5.32 Å². The Bertz CT molecular complexity index is 417. The van der Waals surface area contributed by atoms with Crippen LogP contribution in [0.3, 0.4) is 0 Å². The Kier molecular flexibility index (Phi) is 3.25. The molecule has 0 aromatic heterocycles. The van der Waals surface area contributed by atoms with Crippen LogP contribution in [0.25, 0.3) is 0 Å². The van der Waals surface area contributed by atoms with E-state index < -0.39 is 0 Å². The third-order valence-corrected chi connectivity index (χ3v) is 3.47. The van der Waals surface area contributed by atoms with E-state index in [0.29, 0.717) is 12.0 Å². The van der Waals surface area contributed by atoms with Gasteiger partial charge in [-0.2, -0.15) is 0 Å². The molecule has 84 valence electrons.